The van der Waals surface area contributed by atoms with Gasteiger partial charge in [0, 0.05) is 0 Å². The van der Waals surface area contributed by atoms with Crippen LogP contribution in [-0.2, 0) is 18.6 Å². The molecule has 12 heteroatoms. The summed E-state index contributed by atoms with van der Waals surface area (Å²) in [5.41, 5.74) is -0.393. The summed E-state index contributed by atoms with van der Waals surface area (Å²) < 4.78 is 41.0. The highest BCUT2D eigenvalue weighted by Gasteiger charge is 2.30. The molecule has 0 radical (unpaired) electrons. The molecular formula is C13H15F3N8O. The van der Waals surface area contributed by atoms with Crippen molar-refractivity contribution in [2.24, 2.45) is 0 Å². The number of hydrogen-bond acceptors (Lipinski definition) is 6. The molecule has 0 aliphatic carbocycles. The Bertz CT molecular complexity index is 962. The maximum atomic E-state index is 12.6. The number of rotatable bonds is 3. The molecule has 3 aromatic heterocycles. The van der Waals surface area contributed by atoms with E-state index in [1.807, 2.05) is 20.8 Å². The van der Waals surface area contributed by atoms with E-state index in [0.29, 0.717) is 10.3 Å². The Morgan fingerprint density at radius 1 is 1.20 bits per heavy atom. The third-order valence-electron chi connectivity index (χ3n) is 3.44. The van der Waals surface area contributed by atoms with Crippen LogP contribution in [0.15, 0.2) is 17.3 Å². The monoisotopic (exact) mass is 356 g/mol. The number of halogens is 3. The van der Waals surface area contributed by atoms with Gasteiger partial charge in [-0.3, -0.25) is 9.36 Å². The Kier molecular flexibility index (Phi) is 3.84. The summed E-state index contributed by atoms with van der Waals surface area (Å²) in [6, 6.07) is 0. The number of fused-ring (bicyclic) bond motifs is 1. The fourth-order valence-electron chi connectivity index (χ4n) is 2.33. The van der Waals surface area contributed by atoms with E-state index in [1.165, 1.54) is 12.5 Å². The van der Waals surface area contributed by atoms with Gasteiger partial charge in [-0.15, -0.1) is 5.10 Å². The first-order valence-corrected chi connectivity index (χ1v) is 7.32. The molecule has 0 unspecified atom stereocenters. The zero-order valence-electron chi connectivity index (χ0n) is 13.7. The molecule has 0 aliphatic heterocycles. The number of nitrogens with zero attached hydrogens (tertiary/aromatic N) is 8. The van der Waals surface area contributed by atoms with Crippen molar-refractivity contribution in [3.05, 3.63) is 28.7 Å². The van der Waals surface area contributed by atoms with Crippen LogP contribution in [0.2, 0.25) is 0 Å². The topological polar surface area (TPSA) is 96.3 Å². The van der Waals surface area contributed by atoms with Gasteiger partial charge in [-0.1, -0.05) is 0 Å². The first kappa shape index (κ1) is 17.0. The predicted molar refractivity (Wildman–Crippen MR) is 79.8 cm³/mol. The Morgan fingerprint density at radius 3 is 2.56 bits per heavy atom. The Hall–Kier alpha value is -2.79. The lowest BCUT2D eigenvalue weighted by Gasteiger charge is -2.19. The van der Waals surface area contributed by atoms with Gasteiger partial charge in [-0.2, -0.15) is 18.3 Å². The molecule has 0 spiro atoms. The molecule has 25 heavy (non-hydrogen) atoms. The van der Waals surface area contributed by atoms with Crippen LogP contribution in [0.1, 0.15) is 26.6 Å². The van der Waals surface area contributed by atoms with Crippen LogP contribution >= 0.6 is 0 Å². The minimum atomic E-state index is -4.47. The van der Waals surface area contributed by atoms with Gasteiger partial charge < -0.3 is 0 Å². The number of hydrogen-bond donors (Lipinski definition) is 0. The highest BCUT2D eigenvalue weighted by atomic mass is 19.4. The second-order valence-electron chi connectivity index (χ2n) is 6.51. The second kappa shape index (κ2) is 5.63. The molecule has 3 aromatic rings. The molecule has 3 heterocycles. The molecule has 0 N–H and O–H groups in total. The van der Waals surface area contributed by atoms with Crippen LogP contribution in [-0.4, -0.2) is 45.7 Å². The number of aromatic nitrogens is 8. The molecule has 0 aliphatic rings. The molecule has 0 aromatic carbocycles. The first-order chi connectivity index (χ1) is 11.6. The van der Waals surface area contributed by atoms with Crippen molar-refractivity contribution < 1.29 is 13.2 Å². The second-order valence-corrected chi connectivity index (χ2v) is 6.51. The van der Waals surface area contributed by atoms with Crippen molar-refractivity contribution in [2.75, 3.05) is 0 Å². The van der Waals surface area contributed by atoms with Crippen molar-refractivity contribution >= 4 is 11.0 Å². The molecular weight excluding hydrogens is 341 g/mol. The summed E-state index contributed by atoms with van der Waals surface area (Å²) in [6.45, 7) is 4.18. The standard InChI is InChI=1S/C13H15F3N8O/c1-12(2,3)24-10-8(4-18-24)11(25)22(7-17-10)5-9-19-20-21-23(9)6-13(14,15)16/h4,7H,5-6H2,1-3H3. The lowest BCUT2D eigenvalue weighted by atomic mass is 10.1. The van der Waals surface area contributed by atoms with Crippen molar-refractivity contribution in [1.29, 1.82) is 0 Å². The van der Waals surface area contributed by atoms with Gasteiger partial charge >= 0.3 is 6.18 Å². The van der Waals surface area contributed by atoms with Gasteiger partial charge in [-0.05, 0) is 31.2 Å². The maximum Gasteiger partial charge on any atom is 0.408 e. The molecule has 0 saturated heterocycles. The van der Waals surface area contributed by atoms with Gasteiger partial charge in [0.05, 0.1) is 18.3 Å². The summed E-state index contributed by atoms with van der Waals surface area (Å²) in [5.74, 6) is -0.0937. The summed E-state index contributed by atoms with van der Waals surface area (Å²) in [7, 11) is 0. The highest BCUT2D eigenvalue weighted by molar-refractivity contribution is 5.73. The smallest absolute Gasteiger partial charge is 0.291 e. The molecule has 0 fully saturated rings. The average molecular weight is 356 g/mol. The fourth-order valence-corrected chi connectivity index (χ4v) is 2.33. The lowest BCUT2D eigenvalue weighted by molar-refractivity contribution is -0.143. The van der Waals surface area contributed by atoms with Crippen molar-refractivity contribution in [2.45, 2.75) is 45.6 Å². The molecule has 9 nitrogen and oxygen atoms in total. The largest absolute Gasteiger partial charge is 0.408 e. The normalized spacial score (nSPS) is 12.9. The van der Waals surface area contributed by atoms with Crippen LogP contribution in [0.3, 0.4) is 0 Å². The lowest BCUT2D eigenvalue weighted by Crippen LogP contribution is -2.27. The minimum Gasteiger partial charge on any atom is -0.291 e. The average Bonchev–Trinajstić information content (AvgIpc) is 3.07. The third kappa shape index (κ3) is 3.37. The van der Waals surface area contributed by atoms with E-state index in [-0.39, 0.29) is 23.3 Å². The molecule has 0 bridgehead atoms. The van der Waals surface area contributed by atoms with Gasteiger partial charge in [0.2, 0.25) is 0 Å². The van der Waals surface area contributed by atoms with E-state index >= 15 is 0 Å². The van der Waals surface area contributed by atoms with Crippen molar-refractivity contribution in [3.8, 4) is 0 Å². The quantitative estimate of drug-likeness (QED) is 0.693. The zero-order chi connectivity index (χ0) is 18.4. The van der Waals surface area contributed by atoms with E-state index in [9.17, 15) is 18.0 Å². The van der Waals surface area contributed by atoms with Crippen LogP contribution < -0.4 is 5.56 Å². The fraction of sp³-hybridized carbons (Fsp3) is 0.538. The van der Waals surface area contributed by atoms with Crippen LogP contribution in [0.5, 0.6) is 0 Å². The van der Waals surface area contributed by atoms with Gasteiger partial charge in [-0.25, -0.2) is 14.3 Å². The van der Waals surface area contributed by atoms with E-state index in [2.05, 4.69) is 25.6 Å². The molecule has 3 rings (SSSR count). The van der Waals surface area contributed by atoms with Crippen LogP contribution in [0, 0.1) is 0 Å². The summed E-state index contributed by atoms with van der Waals surface area (Å²) in [4.78, 5) is 16.8. The minimum absolute atomic E-state index is 0.0937. The van der Waals surface area contributed by atoms with Gasteiger partial charge in [0.15, 0.2) is 11.5 Å². The van der Waals surface area contributed by atoms with Crippen molar-refractivity contribution in [3.63, 3.8) is 0 Å². The zero-order valence-corrected chi connectivity index (χ0v) is 13.7. The summed E-state index contributed by atoms with van der Waals surface area (Å²) in [6.07, 6.45) is -1.82. The maximum absolute atomic E-state index is 12.6. The Balaban J connectivity index is 1.98. The molecule has 0 atom stereocenters. The Labute approximate surface area is 139 Å². The van der Waals surface area contributed by atoms with E-state index < -0.39 is 18.3 Å². The number of tetrazole rings is 1. The summed E-state index contributed by atoms with van der Waals surface area (Å²) >= 11 is 0. The SMILES string of the molecule is CC(C)(C)n1ncc2c(=O)n(Cc3nnnn3CC(F)(F)F)cnc21. The summed E-state index contributed by atoms with van der Waals surface area (Å²) in [5, 5.41) is 14.6. The first-order valence-electron chi connectivity index (χ1n) is 7.32. The predicted octanol–water partition coefficient (Wildman–Crippen LogP) is 0.945. The van der Waals surface area contributed by atoms with Gasteiger partial charge in [0.25, 0.3) is 5.56 Å². The number of alkyl halides is 3. The third-order valence-corrected chi connectivity index (χ3v) is 3.44. The molecule has 134 valence electrons. The molecule has 0 saturated carbocycles. The van der Waals surface area contributed by atoms with Crippen LogP contribution in [0.25, 0.3) is 11.0 Å². The van der Waals surface area contributed by atoms with Crippen LogP contribution in [0.4, 0.5) is 13.2 Å². The highest BCUT2D eigenvalue weighted by Crippen LogP contribution is 2.19. The Morgan fingerprint density at radius 2 is 1.92 bits per heavy atom. The van der Waals surface area contributed by atoms with E-state index in [1.54, 1.807) is 4.68 Å². The molecule has 0 amide bonds. The van der Waals surface area contributed by atoms with E-state index in [0.717, 1.165) is 4.57 Å². The van der Waals surface area contributed by atoms with Gasteiger partial charge in [0.1, 0.15) is 18.3 Å². The van der Waals surface area contributed by atoms with E-state index in [4.69, 9.17) is 0 Å². The van der Waals surface area contributed by atoms with Crippen molar-refractivity contribution in [1.82, 2.24) is 39.5 Å².